The number of likely N-dealkylation sites (tertiary alicyclic amines) is 1. The number of hydrogen-bond donors (Lipinski definition) is 3. The number of esters is 1. The molecule has 0 radical (unpaired) electrons. The van der Waals surface area contributed by atoms with Crippen LogP contribution >= 0.6 is 0 Å². The second kappa shape index (κ2) is 19.0. The molecule has 0 aromatic heterocycles. The summed E-state index contributed by atoms with van der Waals surface area (Å²) in [5, 5.41) is 9.57. The summed E-state index contributed by atoms with van der Waals surface area (Å²) in [7, 11) is 3.44. The first-order chi connectivity index (χ1) is 27.0. The van der Waals surface area contributed by atoms with Crippen LogP contribution in [0.25, 0.3) is 0 Å². The van der Waals surface area contributed by atoms with Gasteiger partial charge in [-0.3, -0.25) is 19.3 Å². The molecule has 2 aliphatic carbocycles. The van der Waals surface area contributed by atoms with Crippen LogP contribution in [0.15, 0.2) is 59.0 Å². The summed E-state index contributed by atoms with van der Waals surface area (Å²) in [5.41, 5.74) is 2.03. The fourth-order valence-corrected chi connectivity index (χ4v) is 8.54. The number of allylic oxidation sites excluding steroid dienone is 2. The number of carbonyl (C=O) groups is 4. The lowest BCUT2D eigenvalue weighted by Gasteiger charge is -2.45. The fraction of sp³-hybridized carbons (Fsp3) is 0.605. The lowest BCUT2D eigenvalue weighted by molar-refractivity contribution is -0.153. The summed E-state index contributed by atoms with van der Waals surface area (Å²) < 4.78 is 11.4. The molecule has 3 amide bonds. The van der Waals surface area contributed by atoms with Gasteiger partial charge in [0, 0.05) is 50.6 Å². The predicted molar refractivity (Wildman–Crippen MR) is 217 cm³/mol. The molecular formula is C43H61N7O6. The third-order valence-electron chi connectivity index (χ3n) is 11.6. The number of rotatable bonds is 14. The molecule has 5 aliphatic rings. The molecule has 0 spiro atoms. The fourth-order valence-electron chi connectivity index (χ4n) is 8.54. The van der Waals surface area contributed by atoms with Crippen molar-refractivity contribution >= 4 is 35.2 Å². The quantitative estimate of drug-likeness (QED) is 0.165. The first-order valence-corrected chi connectivity index (χ1v) is 20.7. The molecular weight excluding hydrogens is 711 g/mol. The molecule has 13 heteroatoms. The molecule has 1 aromatic carbocycles. The maximum absolute atomic E-state index is 13.5. The van der Waals surface area contributed by atoms with Crippen molar-refractivity contribution < 1.29 is 28.7 Å². The van der Waals surface area contributed by atoms with Gasteiger partial charge in [-0.2, -0.15) is 0 Å². The van der Waals surface area contributed by atoms with E-state index in [1.807, 2.05) is 39.1 Å². The van der Waals surface area contributed by atoms with E-state index >= 15 is 0 Å². The van der Waals surface area contributed by atoms with E-state index in [1.54, 1.807) is 24.1 Å². The number of amides is 3. The predicted octanol–water partition coefficient (Wildman–Crippen LogP) is 5.51. The topological polar surface area (TPSA) is 145 Å². The average molecular weight is 772 g/mol. The van der Waals surface area contributed by atoms with E-state index in [9.17, 15) is 19.2 Å². The summed E-state index contributed by atoms with van der Waals surface area (Å²) >= 11 is 0. The summed E-state index contributed by atoms with van der Waals surface area (Å²) in [5.74, 6) is 1.62. The van der Waals surface area contributed by atoms with E-state index in [-0.39, 0.29) is 60.4 Å². The molecule has 0 unspecified atom stereocenters. The number of fused-ring (bicyclic) bond motifs is 1. The van der Waals surface area contributed by atoms with E-state index in [4.69, 9.17) is 14.5 Å². The maximum atomic E-state index is 13.5. The van der Waals surface area contributed by atoms with Crippen molar-refractivity contribution in [1.82, 2.24) is 25.3 Å². The lowest BCUT2D eigenvalue weighted by Crippen LogP contribution is -2.60. The van der Waals surface area contributed by atoms with Gasteiger partial charge in [-0.1, -0.05) is 51.8 Å². The molecule has 13 nitrogen and oxygen atoms in total. The van der Waals surface area contributed by atoms with Crippen LogP contribution in [0.4, 0.5) is 5.69 Å². The molecule has 3 heterocycles. The number of amidine groups is 1. The van der Waals surface area contributed by atoms with Crippen molar-refractivity contribution in [3.05, 3.63) is 59.6 Å². The van der Waals surface area contributed by atoms with Crippen LogP contribution in [0.3, 0.4) is 0 Å². The van der Waals surface area contributed by atoms with Gasteiger partial charge in [-0.15, -0.1) is 0 Å². The van der Waals surface area contributed by atoms with Crippen LogP contribution in [-0.2, 0) is 19.1 Å². The Morgan fingerprint density at radius 1 is 1.00 bits per heavy atom. The second-order valence-corrected chi connectivity index (χ2v) is 16.2. The first kappa shape index (κ1) is 41.0. The summed E-state index contributed by atoms with van der Waals surface area (Å²) in [6.07, 6.45) is 18.1. The summed E-state index contributed by atoms with van der Waals surface area (Å²) in [6, 6.07) is 4.70. The Morgan fingerprint density at radius 2 is 1.71 bits per heavy atom. The van der Waals surface area contributed by atoms with Gasteiger partial charge in [0.25, 0.3) is 5.91 Å². The zero-order valence-corrected chi connectivity index (χ0v) is 33.9. The summed E-state index contributed by atoms with van der Waals surface area (Å²) in [6.45, 7) is 7.59. The van der Waals surface area contributed by atoms with Gasteiger partial charge in [-0.25, -0.2) is 9.79 Å². The highest BCUT2D eigenvalue weighted by atomic mass is 16.5. The van der Waals surface area contributed by atoms with Crippen LogP contribution in [0.1, 0.15) is 108 Å². The number of methoxy groups -OCH3 is 1. The number of piperazine rings is 1. The molecule has 3 N–H and O–H groups in total. The van der Waals surface area contributed by atoms with Crippen LogP contribution in [0, 0.1) is 5.92 Å². The van der Waals surface area contributed by atoms with Crippen LogP contribution in [0.2, 0.25) is 0 Å². The molecule has 304 valence electrons. The highest BCUT2D eigenvalue weighted by molar-refractivity contribution is 6.08. The Hall–Kier alpha value is -4.65. The van der Waals surface area contributed by atoms with Crippen molar-refractivity contribution in [3.63, 3.8) is 0 Å². The summed E-state index contributed by atoms with van der Waals surface area (Å²) in [4.78, 5) is 64.2. The third-order valence-corrected chi connectivity index (χ3v) is 11.6. The van der Waals surface area contributed by atoms with Crippen molar-refractivity contribution in [2.24, 2.45) is 10.9 Å². The van der Waals surface area contributed by atoms with E-state index < -0.39 is 6.04 Å². The van der Waals surface area contributed by atoms with Crippen molar-refractivity contribution in [3.8, 4) is 5.75 Å². The van der Waals surface area contributed by atoms with E-state index in [2.05, 4.69) is 44.8 Å². The van der Waals surface area contributed by atoms with Crippen molar-refractivity contribution in [1.29, 1.82) is 0 Å². The Kier molecular flexibility index (Phi) is 13.9. The monoisotopic (exact) mass is 771 g/mol. The highest BCUT2D eigenvalue weighted by Crippen LogP contribution is 2.35. The SMILES string of the molecule is CC[C@@H]1C(=O)N(C)C2=C/CCC=C(Nc3ccc(C(=O)NC4CCN(CC(=O)N[C@@H](CC(C)C)C(=O)OC5CC=CC5)CC4)cc3OC)/N=C\2N1C1CCCC1. The van der Waals surface area contributed by atoms with Gasteiger partial charge in [0.05, 0.1) is 25.0 Å². The van der Waals surface area contributed by atoms with Crippen LogP contribution in [-0.4, -0.2) is 108 Å². The van der Waals surface area contributed by atoms with E-state index in [0.717, 1.165) is 50.1 Å². The number of piperidine rings is 1. The number of ether oxygens (including phenoxy) is 2. The Balaban J connectivity index is 1.04. The number of benzene rings is 1. The highest BCUT2D eigenvalue weighted by Gasteiger charge is 2.43. The van der Waals surface area contributed by atoms with Crippen LogP contribution < -0.4 is 20.7 Å². The van der Waals surface area contributed by atoms with Crippen molar-refractivity contribution in [2.45, 2.75) is 128 Å². The number of nitrogens with zero attached hydrogens (tertiary/aromatic N) is 4. The zero-order chi connectivity index (χ0) is 39.8. The van der Waals surface area contributed by atoms with E-state index in [1.165, 1.54) is 0 Å². The molecule has 3 fully saturated rings. The third kappa shape index (κ3) is 10.0. The van der Waals surface area contributed by atoms with Gasteiger partial charge in [0.15, 0.2) is 5.84 Å². The molecule has 1 saturated carbocycles. The molecule has 6 rings (SSSR count). The largest absolute Gasteiger partial charge is 0.495 e. The van der Waals surface area contributed by atoms with E-state index in [0.29, 0.717) is 74.4 Å². The zero-order valence-electron chi connectivity index (χ0n) is 33.9. The van der Waals surface area contributed by atoms with Gasteiger partial charge in [0.2, 0.25) is 11.8 Å². The lowest BCUT2D eigenvalue weighted by atomic mass is 10.0. The molecule has 56 heavy (non-hydrogen) atoms. The molecule has 3 aliphatic heterocycles. The first-order valence-electron chi connectivity index (χ1n) is 20.7. The van der Waals surface area contributed by atoms with Gasteiger partial charge < -0.3 is 35.2 Å². The average Bonchev–Trinajstić information content (AvgIpc) is 3.90. The normalized spacial score (nSPS) is 23.6. The minimum absolute atomic E-state index is 0.0392. The molecule has 0 bridgehead atoms. The standard InChI is InChI=1S/C43H61N7O6/c1-6-35-42(53)48(4)36-17-11-12-18-38(47-40(36)50(35)31-13-7-8-14-31)45-33-20-19-29(26-37(33)55-5)41(52)44-30-21-23-49(24-22-30)27-39(51)46-34(25-28(2)3)43(54)56-32-15-9-10-16-32/h9-10,17-20,26,28,30-32,34-35,45H,6-8,11-16,21-25,27H2,1-5H3,(H,44,52)(H,46,51)/b36-17+,38-18?,47-40+/t34-,35+/m0/s1. The number of aliphatic imine (C=N–C) groups is 1. The smallest absolute Gasteiger partial charge is 0.328 e. The minimum Gasteiger partial charge on any atom is -0.495 e. The number of hydrogen-bond acceptors (Lipinski definition) is 10. The number of carbonyl (C=O) groups excluding carboxylic acids is 4. The number of likely N-dealkylation sites (N-methyl/N-ethyl adjacent to an activating group) is 1. The molecule has 2 atom stereocenters. The molecule has 1 aromatic rings. The van der Waals surface area contributed by atoms with Gasteiger partial charge >= 0.3 is 5.97 Å². The minimum atomic E-state index is -0.670. The second-order valence-electron chi connectivity index (χ2n) is 16.2. The Labute approximate surface area is 332 Å². The molecule has 2 saturated heterocycles. The van der Waals surface area contributed by atoms with Crippen LogP contribution in [0.5, 0.6) is 5.75 Å². The number of anilines is 1. The number of nitrogens with one attached hydrogen (secondary N) is 3. The Morgan fingerprint density at radius 3 is 2.39 bits per heavy atom. The van der Waals surface area contributed by atoms with Crippen molar-refractivity contribution in [2.75, 3.05) is 39.1 Å². The Bertz CT molecular complexity index is 1710. The van der Waals surface area contributed by atoms with Gasteiger partial charge in [0.1, 0.15) is 29.8 Å². The maximum Gasteiger partial charge on any atom is 0.328 e. The van der Waals surface area contributed by atoms with Gasteiger partial charge in [-0.05, 0) is 81.6 Å².